The van der Waals surface area contributed by atoms with Crippen molar-refractivity contribution in [2.24, 2.45) is 0 Å². The predicted molar refractivity (Wildman–Crippen MR) is 125 cm³/mol. The Balaban J connectivity index is 1.31. The fraction of sp³-hybridized carbons (Fsp3) is 0.154. The van der Waals surface area contributed by atoms with Crippen molar-refractivity contribution >= 4 is 34.1 Å². The summed E-state index contributed by atoms with van der Waals surface area (Å²) in [6.07, 6.45) is 2.31. The van der Waals surface area contributed by atoms with Gasteiger partial charge < -0.3 is 20.4 Å². The molecule has 1 aliphatic rings. The number of anilines is 2. The van der Waals surface area contributed by atoms with E-state index in [0.29, 0.717) is 29.1 Å². The van der Waals surface area contributed by atoms with Crippen LogP contribution in [0.15, 0.2) is 66.9 Å². The van der Waals surface area contributed by atoms with E-state index in [-0.39, 0.29) is 30.2 Å². The molecule has 4 aromatic rings. The van der Waals surface area contributed by atoms with Crippen LogP contribution in [0.25, 0.3) is 10.9 Å². The van der Waals surface area contributed by atoms with E-state index in [0.717, 1.165) is 22.0 Å². The maximum Gasteiger partial charge on any atom is 0.323 e. The van der Waals surface area contributed by atoms with Crippen LogP contribution in [-0.2, 0) is 11.2 Å². The molecule has 3 aromatic carbocycles. The summed E-state index contributed by atoms with van der Waals surface area (Å²) >= 11 is 0. The number of ether oxygens (including phenoxy) is 1. The molecule has 0 aliphatic carbocycles. The van der Waals surface area contributed by atoms with Gasteiger partial charge in [0.25, 0.3) is 0 Å². The van der Waals surface area contributed by atoms with Gasteiger partial charge in [0, 0.05) is 34.7 Å². The number of hydrogen-bond donors (Lipinski definition) is 3. The fourth-order valence-corrected chi connectivity index (χ4v) is 4.16. The smallest absolute Gasteiger partial charge is 0.323 e. The van der Waals surface area contributed by atoms with E-state index in [1.54, 1.807) is 37.3 Å². The van der Waals surface area contributed by atoms with Crippen molar-refractivity contribution in [2.75, 3.05) is 17.2 Å². The summed E-state index contributed by atoms with van der Waals surface area (Å²) in [7, 11) is 0. The Morgan fingerprint density at radius 1 is 1.06 bits per heavy atom. The molecule has 6 nitrogen and oxygen atoms in total. The van der Waals surface area contributed by atoms with Crippen LogP contribution in [0.3, 0.4) is 0 Å². The quantitative estimate of drug-likeness (QED) is 0.387. The number of amides is 2. The topological polar surface area (TPSA) is 83.2 Å². The second-order valence-corrected chi connectivity index (χ2v) is 8.21. The van der Waals surface area contributed by atoms with Crippen molar-refractivity contribution in [2.45, 2.75) is 19.3 Å². The molecule has 0 saturated heterocycles. The summed E-state index contributed by atoms with van der Waals surface area (Å²) < 4.78 is 19.2. The number of nitrogens with one attached hydrogen (secondary N) is 3. The van der Waals surface area contributed by atoms with Gasteiger partial charge in [-0.1, -0.05) is 24.3 Å². The molecule has 0 spiro atoms. The molecule has 0 bridgehead atoms. The third-order valence-electron chi connectivity index (χ3n) is 5.88. The molecule has 1 unspecified atom stereocenters. The Morgan fingerprint density at radius 3 is 2.67 bits per heavy atom. The summed E-state index contributed by atoms with van der Waals surface area (Å²) in [6.45, 7) is 1.67. The minimum atomic E-state index is -0.383. The van der Waals surface area contributed by atoms with Crippen LogP contribution < -0.4 is 15.4 Å². The van der Waals surface area contributed by atoms with E-state index in [9.17, 15) is 14.0 Å². The van der Waals surface area contributed by atoms with Crippen LogP contribution in [0.1, 0.15) is 22.6 Å². The van der Waals surface area contributed by atoms with Gasteiger partial charge in [-0.05, 0) is 60.2 Å². The molecule has 2 heterocycles. The number of Topliss-reactive ketones (excluding diaryl/α,β-unsaturated/α-hetero) is 1. The van der Waals surface area contributed by atoms with Crippen LogP contribution in [0.2, 0.25) is 0 Å². The summed E-state index contributed by atoms with van der Waals surface area (Å²) in [5.74, 6) is -0.111. The van der Waals surface area contributed by atoms with Gasteiger partial charge in [0.1, 0.15) is 18.2 Å². The molecule has 1 atom stereocenters. The number of hydrogen-bond acceptors (Lipinski definition) is 3. The van der Waals surface area contributed by atoms with Crippen molar-refractivity contribution in [1.82, 2.24) is 4.98 Å². The molecule has 7 heteroatoms. The lowest BCUT2D eigenvalue weighted by Crippen LogP contribution is -2.27. The van der Waals surface area contributed by atoms with Crippen LogP contribution in [0.4, 0.5) is 20.6 Å². The van der Waals surface area contributed by atoms with E-state index in [4.69, 9.17) is 4.74 Å². The molecule has 3 N–H and O–H groups in total. The highest BCUT2D eigenvalue weighted by Crippen LogP contribution is 2.36. The SMILES string of the molecule is Cc1cc(CC2C(=O)COc3cc(NC(=O)Nc4ccc5cc[nH]c5c4)ccc32)ccc1F. The summed E-state index contributed by atoms with van der Waals surface area (Å²) in [6, 6.07) is 17.4. The minimum absolute atomic E-state index is 0.0253. The van der Waals surface area contributed by atoms with E-state index >= 15 is 0 Å². The van der Waals surface area contributed by atoms with E-state index < -0.39 is 0 Å². The number of fused-ring (bicyclic) bond motifs is 2. The van der Waals surface area contributed by atoms with Crippen molar-refractivity contribution < 1.29 is 18.7 Å². The summed E-state index contributed by atoms with van der Waals surface area (Å²) in [5.41, 5.74) is 4.35. The highest BCUT2D eigenvalue weighted by Gasteiger charge is 2.29. The zero-order valence-electron chi connectivity index (χ0n) is 17.9. The number of ketones is 1. The molecule has 1 aliphatic heterocycles. The number of aromatic amines is 1. The number of aryl methyl sites for hydroxylation is 1. The van der Waals surface area contributed by atoms with Gasteiger partial charge in [0.2, 0.25) is 0 Å². The first-order valence-electron chi connectivity index (χ1n) is 10.7. The van der Waals surface area contributed by atoms with Gasteiger partial charge in [0.05, 0.1) is 5.92 Å². The number of H-pyrrole nitrogens is 1. The number of rotatable bonds is 4. The van der Waals surface area contributed by atoms with Gasteiger partial charge in [-0.3, -0.25) is 4.79 Å². The van der Waals surface area contributed by atoms with Crippen LogP contribution >= 0.6 is 0 Å². The molecule has 5 rings (SSSR count). The Hall–Kier alpha value is -4.13. The van der Waals surface area contributed by atoms with Crippen molar-refractivity contribution in [3.8, 4) is 5.75 Å². The first-order chi connectivity index (χ1) is 16.0. The highest BCUT2D eigenvalue weighted by atomic mass is 19.1. The lowest BCUT2D eigenvalue weighted by Gasteiger charge is -2.25. The number of carbonyl (C=O) groups is 2. The van der Waals surface area contributed by atoms with Crippen LogP contribution in [0, 0.1) is 12.7 Å². The van der Waals surface area contributed by atoms with Crippen molar-refractivity contribution in [3.63, 3.8) is 0 Å². The van der Waals surface area contributed by atoms with Crippen molar-refractivity contribution in [1.29, 1.82) is 0 Å². The lowest BCUT2D eigenvalue weighted by atomic mass is 9.86. The monoisotopic (exact) mass is 443 g/mol. The average Bonchev–Trinajstić information content (AvgIpc) is 3.26. The molecular formula is C26H22FN3O3. The van der Waals surface area contributed by atoms with Gasteiger partial charge >= 0.3 is 6.03 Å². The number of aromatic nitrogens is 1. The van der Waals surface area contributed by atoms with Gasteiger partial charge in [-0.15, -0.1) is 0 Å². The Kier molecular flexibility index (Phi) is 5.30. The molecule has 166 valence electrons. The first-order valence-corrected chi connectivity index (χ1v) is 10.7. The number of urea groups is 1. The van der Waals surface area contributed by atoms with Gasteiger partial charge in [-0.25, -0.2) is 9.18 Å². The Morgan fingerprint density at radius 2 is 1.85 bits per heavy atom. The zero-order valence-corrected chi connectivity index (χ0v) is 17.9. The third kappa shape index (κ3) is 4.30. The second kappa shape index (κ2) is 8.43. The van der Waals surface area contributed by atoms with E-state index in [2.05, 4.69) is 15.6 Å². The summed E-state index contributed by atoms with van der Waals surface area (Å²) in [4.78, 5) is 28.2. The molecular weight excluding hydrogens is 421 g/mol. The largest absolute Gasteiger partial charge is 0.485 e. The van der Waals surface area contributed by atoms with Crippen molar-refractivity contribution in [3.05, 3.63) is 89.4 Å². The third-order valence-corrected chi connectivity index (χ3v) is 5.88. The first kappa shape index (κ1) is 20.8. The molecule has 33 heavy (non-hydrogen) atoms. The van der Waals surface area contributed by atoms with E-state index in [1.807, 2.05) is 30.5 Å². The predicted octanol–water partition coefficient (Wildman–Crippen LogP) is 5.55. The highest BCUT2D eigenvalue weighted by molar-refractivity contribution is 6.01. The zero-order chi connectivity index (χ0) is 22.9. The van der Waals surface area contributed by atoms with Gasteiger partial charge in [0.15, 0.2) is 5.78 Å². The molecule has 2 amide bonds. The van der Waals surface area contributed by atoms with Crippen LogP contribution in [0.5, 0.6) is 5.75 Å². The molecule has 0 saturated carbocycles. The molecule has 0 fully saturated rings. The average molecular weight is 443 g/mol. The van der Waals surface area contributed by atoms with E-state index in [1.165, 1.54) is 6.07 Å². The lowest BCUT2D eigenvalue weighted by molar-refractivity contribution is -0.123. The Labute approximate surface area is 189 Å². The maximum atomic E-state index is 13.6. The molecule has 0 radical (unpaired) electrons. The maximum absolute atomic E-state index is 13.6. The normalized spacial score (nSPS) is 15.1. The standard InChI is InChI=1S/C26H22FN3O3/c1-15-10-16(2-7-22(15)27)11-21-20-6-5-19(13-25(20)33-14-24(21)31)30-26(32)29-18-4-3-17-8-9-28-23(17)12-18/h2-10,12-13,21,28H,11,14H2,1H3,(H2,29,30,32). The minimum Gasteiger partial charge on any atom is -0.485 e. The second-order valence-electron chi connectivity index (χ2n) is 8.21. The molecule has 1 aromatic heterocycles. The van der Waals surface area contributed by atoms with Gasteiger partial charge in [-0.2, -0.15) is 0 Å². The number of benzene rings is 3. The Bertz CT molecular complexity index is 1380. The fourth-order valence-electron chi connectivity index (χ4n) is 4.16. The van der Waals surface area contributed by atoms with Crippen LogP contribution in [-0.4, -0.2) is 23.4 Å². The summed E-state index contributed by atoms with van der Waals surface area (Å²) in [5, 5.41) is 6.68. The number of halogens is 1. The number of carbonyl (C=O) groups excluding carboxylic acids is 2.